The molecule has 1 saturated heterocycles. The van der Waals surface area contributed by atoms with E-state index in [4.69, 9.17) is 10.5 Å². The van der Waals surface area contributed by atoms with Gasteiger partial charge in [0.1, 0.15) is 5.82 Å². The third kappa shape index (κ3) is 1.90. The van der Waals surface area contributed by atoms with Gasteiger partial charge in [0.2, 0.25) is 0 Å². The SMILES string of the molecule is COC(=O)c1cc2c(cc1F)N=C(N)N1CCOC[C@@H]21. The number of rotatable bonds is 1. The second kappa shape index (κ2) is 4.75. The van der Waals surface area contributed by atoms with Gasteiger partial charge in [-0.2, -0.15) is 0 Å². The summed E-state index contributed by atoms with van der Waals surface area (Å²) in [6.45, 7) is 1.60. The Bertz CT molecular complexity index is 603. The highest BCUT2D eigenvalue weighted by atomic mass is 19.1. The summed E-state index contributed by atoms with van der Waals surface area (Å²) < 4.78 is 23.9. The number of hydrogen-bond acceptors (Lipinski definition) is 6. The number of ether oxygens (including phenoxy) is 2. The maximum Gasteiger partial charge on any atom is 0.340 e. The van der Waals surface area contributed by atoms with Crippen LogP contribution < -0.4 is 5.73 Å². The minimum absolute atomic E-state index is 0.104. The summed E-state index contributed by atoms with van der Waals surface area (Å²) in [7, 11) is 1.22. The van der Waals surface area contributed by atoms with Crippen molar-refractivity contribution in [3.63, 3.8) is 0 Å². The number of halogens is 1. The predicted molar refractivity (Wildman–Crippen MR) is 69.3 cm³/mol. The summed E-state index contributed by atoms with van der Waals surface area (Å²) in [5.74, 6) is -1.04. The number of guanidine groups is 1. The Morgan fingerprint density at radius 3 is 3.15 bits per heavy atom. The van der Waals surface area contributed by atoms with Crippen LogP contribution in [0.3, 0.4) is 0 Å². The van der Waals surface area contributed by atoms with Gasteiger partial charge in [-0.25, -0.2) is 14.2 Å². The van der Waals surface area contributed by atoms with Crippen molar-refractivity contribution in [1.82, 2.24) is 4.90 Å². The molecule has 7 heteroatoms. The van der Waals surface area contributed by atoms with E-state index < -0.39 is 11.8 Å². The lowest BCUT2D eigenvalue weighted by Crippen LogP contribution is -2.48. The summed E-state index contributed by atoms with van der Waals surface area (Å²) in [6, 6.07) is 2.53. The van der Waals surface area contributed by atoms with Crippen LogP contribution in [0.5, 0.6) is 0 Å². The fourth-order valence-corrected chi connectivity index (χ4v) is 2.53. The molecule has 1 aromatic carbocycles. The van der Waals surface area contributed by atoms with Crippen LogP contribution in [0.1, 0.15) is 22.0 Å². The van der Waals surface area contributed by atoms with Gasteiger partial charge in [-0.3, -0.25) is 0 Å². The first-order valence-corrected chi connectivity index (χ1v) is 6.22. The largest absolute Gasteiger partial charge is 0.465 e. The van der Waals surface area contributed by atoms with E-state index in [9.17, 15) is 9.18 Å². The van der Waals surface area contributed by atoms with Crippen LogP contribution in [-0.4, -0.2) is 43.7 Å². The van der Waals surface area contributed by atoms with Crippen LogP contribution in [0, 0.1) is 5.82 Å². The van der Waals surface area contributed by atoms with Gasteiger partial charge in [-0.15, -0.1) is 0 Å². The number of carbonyl (C=O) groups excluding carboxylic acids is 1. The van der Waals surface area contributed by atoms with E-state index in [-0.39, 0.29) is 11.6 Å². The molecule has 2 heterocycles. The maximum absolute atomic E-state index is 13.9. The number of nitrogens with zero attached hydrogens (tertiary/aromatic N) is 2. The average molecular weight is 279 g/mol. The molecule has 0 aromatic heterocycles. The van der Waals surface area contributed by atoms with Gasteiger partial charge >= 0.3 is 5.97 Å². The summed E-state index contributed by atoms with van der Waals surface area (Å²) in [4.78, 5) is 17.7. The fraction of sp³-hybridized carbons (Fsp3) is 0.385. The molecule has 20 heavy (non-hydrogen) atoms. The van der Waals surface area contributed by atoms with Gasteiger partial charge < -0.3 is 20.1 Å². The number of hydrogen-bond donors (Lipinski definition) is 1. The zero-order valence-corrected chi connectivity index (χ0v) is 10.9. The van der Waals surface area contributed by atoms with Crippen molar-refractivity contribution in [3.05, 3.63) is 29.1 Å². The molecule has 2 N–H and O–H groups in total. The minimum Gasteiger partial charge on any atom is -0.465 e. The van der Waals surface area contributed by atoms with E-state index in [0.717, 1.165) is 5.56 Å². The van der Waals surface area contributed by atoms with E-state index >= 15 is 0 Å². The van der Waals surface area contributed by atoms with E-state index in [2.05, 4.69) is 9.73 Å². The maximum atomic E-state index is 13.9. The Kier molecular flexibility index (Phi) is 3.06. The van der Waals surface area contributed by atoms with E-state index in [0.29, 0.717) is 31.4 Å². The van der Waals surface area contributed by atoms with Gasteiger partial charge in [-0.05, 0) is 6.07 Å². The zero-order chi connectivity index (χ0) is 14.3. The van der Waals surface area contributed by atoms with Gasteiger partial charge in [0, 0.05) is 18.2 Å². The van der Waals surface area contributed by atoms with Crippen molar-refractivity contribution in [3.8, 4) is 0 Å². The molecule has 2 aliphatic rings. The summed E-state index contributed by atoms with van der Waals surface area (Å²) in [5.41, 5.74) is 6.93. The van der Waals surface area contributed by atoms with Gasteiger partial charge in [0.15, 0.2) is 5.96 Å². The van der Waals surface area contributed by atoms with Gasteiger partial charge in [0.05, 0.1) is 37.6 Å². The molecule has 0 amide bonds. The van der Waals surface area contributed by atoms with Crippen molar-refractivity contribution < 1.29 is 18.7 Å². The van der Waals surface area contributed by atoms with E-state index in [1.807, 2.05) is 4.90 Å². The summed E-state index contributed by atoms with van der Waals surface area (Å²) in [5, 5.41) is 0. The minimum atomic E-state index is -0.712. The lowest BCUT2D eigenvalue weighted by atomic mass is 9.98. The van der Waals surface area contributed by atoms with Crippen LogP contribution in [-0.2, 0) is 9.47 Å². The van der Waals surface area contributed by atoms with Crippen LogP contribution >= 0.6 is 0 Å². The van der Waals surface area contributed by atoms with Crippen molar-refractivity contribution in [2.75, 3.05) is 26.9 Å². The molecule has 3 rings (SSSR count). The van der Waals surface area contributed by atoms with Gasteiger partial charge in [0.25, 0.3) is 0 Å². The quantitative estimate of drug-likeness (QED) is 0.774. The number of morpholine rings is 1. The van der Waals surface area contributed by atoms with Gasteiger partial charge in [-0.1, -0.05) is 0 Å². The number of nitrogens with two attached hydrogens (primary N) is 1. The molecule has 106 valence electrons. The van der Waals surface area contributed by atoms with E-state index in [1.165, 1.54) is 19.2 Å². The van der Waals surface area contributed by atoms with Crippen molar-refractivity contribution in [2.45, 2.75) is 6.04 Å². The van der Waals surface area contributed by atoms with Crippen molar-refractivity contribution in [2.24, 2.45) is 10.7 Å². The molecule has 2 aliphatic heterocycles. The Morgan fingerprint density at radius 1 is 1.60 bits per heavy atom. The number of fused-ring (bicyclic) bond motifs is 3. The molecule has 0 radical (unpaired) electrons. The Balaban J connectivity index is 2.12. The number of carbonyl (C=O) groups is 1. The second-order valence-electron chi connectivity index (χ2n) is 4.64. The fourth-order valence-electron chi connectivity index (χ4n) is 2.53. The first-order valence-electron chi connectivity index (χ1n) is 6.22. The first-order chi connectivity index (χ1) is 9.61. The van der Waals surface area contributed by atoms with Crippen LogP contribution in [0.4, 0.5) is 10.1 Å². The highest BCUT2D eigenvalue weighted by molar-refractivity contribution is 5.92. The smallest absolute Gasteiger partial charge is 0.340 e. The Morgan fingerprint density at radius 2 is 2.40 bits per heavy atom. The normalized spacial score (nSPS) is 20.8. The number of aliphatic imine (C=N–C) groups is 1. The highest BCUT2D eigenvalue weighted by Gasteiger charge is 2.33. The molecule has 0 aliphatic carbocycles. The molecular weight excluding hydrogens is 265 g/mol. The third-order valence-electron chi connectivity index (χ3n) is 3.54. The second-order valence-corrected chi connectivity index (χ2v) is 4.64. The Hall–Kier alpha value is -2.15. The highest BCUT2D eigenvalue weighted by Crippen LogP contribution is 2.37. The number of benzene rings is 1. The van der Waals surface area contributed by atoms with Crippen LogP contribution in [0.15, 0.2) is 17.1 Å². The molecule has 0 unspecified atom stereocenters. The lowest BCUT2D eigenvalue weighted by molar-refractivity contribution is 0.0240. The van der Waals surface area contributed by atoms with Crippen LogP contribution in [0.2, 0.25) is 0 Å². The third-order valence-corrected chi connectivity index (χ3v) is 3.54. The predicted octanol–water partition coefficient (Wildman–Crippen LogP) is 0.945. The molecule has 1 fully saturated rings. The summed E-state index contributed by atoms with van der Waals surface area (Å²) >= 11 is 0. The standard InChI is InChI=1S/C13H14FN3O3/c1-19-12(18)7-4-8-10(5-9(7)14)16-13(15)17-2-3-20-6-11(8)17/h4-5,11H,2-3,6H2,1H3,(H2,15,16)/t11-/m0/s1. The average Bonchev–Trinajstić information content (AvgIpc) is 2.46. The summed E-state index contributed by atoms with van der Waals surface area (Å²) in [6.07, 6.45) is 0. The molecule has 0 saturated carbocycles. The molecule has 1 aromatic rings. The molecule has 6 nitrogen and oxygen atoms in total. The monoisotopic (exact) mass is 279 g/mol. The Labute approximate surface area is 115 Å². The molecule has 0 bridgehead atoms. The topological polar surface area (TPSA) is 77.1 Å². The van der Waals surface area contributed by atoms with Crippen molar-refractivity contribution >= 4 is 17.6 Å². The van der Waals surface area contributed by atoms with E-state index in [1.54, 1.807) is 0 Å². The molecular formula is C13H14FN3O3. The first kappa shape index (κ1) is 12.9. The number of methoxy groups -OCH3 is 1. The molecule has 0 spiro atoms. The lowest BCUT2D eigenvalue weighted by Gasteiger charge is -2.39. The number of esters is 1. The van der Waals surface area contributed by atoms with Crippen LogP contribution in [0.25, 0.3) is 0 Å². The molecule has 1 atom stereocenters. The van der Waals surface area contributed by atoms with Crippen molar-refractivity contribution in [1.29, 1.82) is 0 Å². The zero-order valence-electron chi connectivity index (χ0n) is 10.9.